The molecule has 19 heavy (non-hydrogen) atoms. The Morgan fingerprint density at radius 1 is 1.37 bits per heavy atom. The number of hydrogen-bond acceptors (Lipinski definition) is 4. The molecule has 0 bridgehead atoms. The number of pyridine rings is 1. The third-order valence-corrected chi connectivity index (χ3v) is 2.59. The van der Waals surface area contributed by atoms with E-state index in [0.717, 1.165) is 17.9 Å². The molecule has 0 aliphatic carbocycles. The minimum atomic E-state index is -0.139. The zero-order chi connectivity index (χ0) is 13.7. The van der Waals surface area contributed by atoms with E-state index in [4.69, 9.17) is 0 Å². The summed E-state index contributed by atoms with van der Waals surface area (Å²) in [6.45, 7) is 3.26. The first-order valence-electron chi connectivity index (χ1n) is 6.14. The molecule has 2 N–H and O–H groups in total. The van der Waals surface area contributed by atoms with E-state index in [2.05, 4.69) is 20.7 Å². The fraction of sp³-hybridized carbons (Fsp3) is 0.308. The Labute approximate surface area is 111 Å². The third kappa shape index (κ3) is 3.54. The van der Waals surface area contributed by atoms with E-state index in [1.165, 1.54) is 0 Å². The van der Waals surface area contributed by atoms with Crippen LogP contribution in [0.15, 0.2) is 30.7 Å². The number of carbonyl (C=O) groups excluding carboxylic acids is 1. The van der Waals surface area contributed by atoms with Gasteiger partial charge >= 0.3 is 0 Å². The first kappa shape index (κ1) is 13.1. The molecule has 0 saturated carbocycles. The highest BCUT2D eigenvalue weighted by Gasteiger charge is 2.06. The highest BCUT2D eigenvalue weighted by atomic mass is 16.1. The number of hydrogen-bond donors (Lipinski definition) is 2. The van der Waals surface area contributed by atoms with Gasteiger partial charge in [0.05, 0.1) is 11.8 Å². The first-order chi connectivity index (χ1) is 9.19. The van der Waals surface area contributed by atoms with Crippen molar-refractivity contribution in [3.05, 3.63) is 41.9 Å². The maximum atomic E-state index is 11.9. The van der Waals surface area contributed by atoms with Crippen molar-refractivity contribution in [1.29, 1.82) is 0 Å². The molecule has 2 aromatic rings. The second kappa shape index (κ2) is 5.99. The Kier molecular flexibility index (Phi) is 4.12. The van der Waals surface area contributed by atoms with Gasteiger partial charge < -0.3 is 10.6 Å². The maximum absolute atomic E-state index is 11.9. The number of nitrogens with one attached hydrogen (secondary N) is 2. The van der Waals surface area contributed by atoms with Crippen LogP contribution in [-0.2, 0) is 13.6 Å². The van der Waals surface area contributed by atoms with Gasteiger partial charge in [-0.2, -0.15) is 5.10 Å². The molecule has 0 fully saturated rings. The van der Waals surface area contributed by atoms with Crippen LogP contribution in [0.4, 0.5) is 5.82 Å². The van der Waals surface area contributed by atoms with Gasteiger partial charge in [-0.3, -0.25) is 9.48 Å². The summed E-state index contributed by atoms with van der Waals surface area (Å²) in [6, 6.07) is 3.55. The molecular formula is C13H17N5O. The van der Waals surface area contributed by atoms with E-state index < -0.39 is 0 Å². The monoisotopic (exact) mass is 259 g/mol. The van der Waals surface area contributed by atoms with Crippen LogP contribution in [0.5, 0.6) is 0 Å². The lowest BCUT2D eigenvalue weighted by Crippen LogP contribution is -2.22. The fourth-order valence-corrected chi connectivity index (χ4v) is 1.66. The summed E-state index contributed by atoms with van der Waals surface area (Å²) in [6.07, 6.45) is 5.16. The second-order valence-corrected chi connectivity index (χ2v) is 4.17. The lowest BCUT2D eigenvalue weighted by atomic mass is 10.2. The Balaban J connectivity index is 1.92. The van der Waals surface area contributed by atoms with Crippen LogP contribution >= 0.6 is 0 Å². The van der Waals surface area contributed by atoms with Crippen LogP contribution in [0.3, 0.4) is 0 Å². The molecule has 0 unspecified atom stereocenters. The number of carbonyl (C=O) groups is 1. The van der Waals surface area contributed by atoms with Crippen LogP contribution in [-0.4, -0.2) is 27.2 Å². The van der Waals surface area contributed by atoms with E-state index in [0.29, 0.717) is 12.1 Å². The molecule has 2 heterocycles. The van der Waals surface area contributed by atoms with Gasteiger partial charge in [0, 0.05) is 38.1 Å². The van der Waals surface area contributed by atoms with Gasteiger partial charge in [-0.25, -0.2) is 4.98 Å². The highest BCUT2D eigenvalue weighted by Crippen LogP contribution is 2.05. The predicted octanol–water partition coefficient (Wildman–Crippen LogP) is 1.18. The summed E-state index contributed by atoms with van der Waals surface area (Å²) in [5.41, 5.74) is 1.51. The molecule has 100 valence electrons. The largest absolute Gasteiger partial charge is 0.370 e. The number of rotatable bonds is 5. The number of amides is 1. The molecule has 0 saturated heterocycles. The molecule has 1 amide bonds. The average Bonchev–Trinajstić information content (AvgIpc) is 2.83. The Bertz CT molecular complexity index is 546. The summed E-state index contributed by atoms with van der Waals surface area (Å²) in [4.78, 5) is 16.1. The summed E-state index contributed by atoms with van der Waals surface area (Å²) in [5.74, 6) is 0.630. The number of aromatic nitrogens is 3. The third-order valence-electron chi connectivity index (χ3n) is 2.59. The highest BCUT2D eigenvalue weighted by molar-refractivity contribution is 5.93. The summed E-state index contributed by atoms with van der Waals surface area (Å²) >= 11 is 0. The number of aryl methyl sites for hydroxylation is 1. The smallest absolute Gasteiger partial charge is 0.253 e. The van der Waals surface area contributed by atoms with Gasteiger partial charge in [-0.15, -0.1) is 0 Å². The van der Waals surface area contributed by atoms with Gasteiger partial charge in [0.2, 0.25) is 0 Å². The van der Waals surface area contributed by atoms with Gasteiger partial charge in [0.25, 0.3) is 5.91 Å². The lowest BCUT2D eigenvalue weighted by Gasteiger charge is -2.05. The zero-order valence-corrected chi connectivity index (χ0v) is 11.1. The normalized spacial score (nSPS) is 10.2. The molecule has 0 atom stereocenters. The summed E-state index contributed by atoms with van der Waals surface area (Å²) in [5, 5.41) is 9.95. The fourth-order valence-electron chi connectivity index (χ4n) is 1.66. The molecule has 0 radical (unpaired) electrons. The molecule has 6 nitrogen and oxygen atoms in total. The van der Waals surface area contributed by atoms with Crippen molar-refractivity contribution >= 4 is 11.7 Å². The van der Waals surface area contributed by atoms with E-state index in [-0.39, 0.29) is 5.91 Å². The van der Waals surface area contributed by atoms with E-state index in [1.54, 1.807) is 29.2 Å². The Morgan fingerprint density at radius 3 is 2.79 bits per heavy atom. The van der Waals surface area contributed by atoms with E-state index in [9.17, 15) is 4.79 Å². The standard InChI is InChI=1S/C13H17N5O/c1-3-14-12-5-4-11(8-15-12)13(19)16-6-10-7-17-18(2)9-10/h4-5,7-9H,3,6H2,1-2H3,(H,14,15)(H,16,19). The van der Waals surface area contributed by atoms with Crippen LogP contribution in [0.25, 0.3) is 0 Å². The molecule has 6 heteroatoms. The second-order valence-electron chi connectivity index (χ2n) is 4.17. The van der Waals surface area contributed by atoms with Crippen LogP contribution < -0.4 is 10.6 Å². The molecule has 0 aromatic carbocycles. The van der Waals surface area contributed by atoms with Crippen LogP contribution in [0.2, 0.25) is 0 Å². The summed E-state index contributed by atoms with van der Waals surface area (Å²) in [7, 11) is 1.84. The van der Waals surface area contributed by atoms with Gasteiger partial charge in [-0.1, -0.05) is 0 Å². The van der Waals surface area contributed by atoms with Crippen molar-refractivity contribution < 1.29 is 4.79 Å². The number of nitrogens with zero attached hydrogens (tertiary/aromatic N) is 3. The van der Waals surface area contributed by atoms with Crippen molar-refractivity contribution in [2.75, 3.05) is 11.9 Å². The van der Waals surface area contributed by atoms with Crippen LogP contribution in [0.1, 0.15) is 22.8 Å². The SMILES string of the molecule is CCNc1ccc(C(=O)NCc2cnn(C)c2)cn1. The van der Waals surface area contributed by atoms with Crippen molar-refractivity contribution in [3.63, 3.8) is 0 Å². The summed E-state index contributed by atoms with van der Waals surface area (Å²) < 4.78 is 1.70. The van der Waals surface area contributed by atoms with Gasteiger partial charge in [0.1, 0.15) is 5.82 Å². The maximum Gasteiger partial charge on any atom is 0.253 e. The van der Waals surface area contributed by atoms with Crippen molar-refractivity contribution in [2.45, 2.75) is 13.5 Å². The minimum absolute atomic E-state index is 0.139. The minimum Gasteiger partial charge on any atom is -0.370 e. The molecule has 0 aliphatic heterocycles. The van der Waals surface area contributed by atoms with Gasteiger partial charge in [-0.05, 0) is 19.1 Å². The zero-order valence-electron chi connectivity index (χ0n) is 11.1. The van der Waals surface area contributed by atoms with E-state index >= 15 is 0 Å². The lowest BCUT2D eigenvalue weighted by molar-refractivity contribution is 0.0950. The van der Waals surface area contributed by atoms with Crippen molar-refractivity contribution in [3.8, 4) is 0 Å². The molecule has 2 rings (SSSR count). The van der Waals surface area contributed by atoms with Crippen molar-refractivity contribution in [1.82, 2.24) is 20.1 Å². The Morgan fingerprint density at radius 2 is 2.21 bits per heavy atom. The van der Waals surface area contributed by atoms with Gasteiger partial charge in [0.15, 0.2) is 0 Å². The molecule has 2 aromatic heterocycles. The molecule has 0 aliphatic rings. The average molecular weight is 259 g/mol. The molecule has 0 spiro atoms. The first-order valence-corrected chi connectivity index (χ1v) is 6.14. The number of anilines is 1. The quantitative estimate of drug-likeness (QED) is 0.845. The molecular weight excluding hydrogens is 242 g/mol. The predicted molar refractivity (Wildman–Crippen MR) is 72.8 cm³/mol. The van der Waals surface area contributed by atoms with E-state index in [1.807, 2.05) is 20.2 Å². The van der Waals surface area contributed by atoms with Crippen molar-refractivity contribution in [2.24, 2.45) is 7.05 Å². The topological polar surface area (TPSA) is 71.8 Å². The Hall–Kier alpha value is -2.37. The van der Waals surface area contributed by atoms with Crippen LogP contribution in [0, 0.1) is 0 Å².